The van der Waals surface area contributed by atoms with Crippen LogP contribution in [-0.4, -0.2) is 30.2 Å². The Kier molecular flexibility index (Phi) is 4.70. The maximum atomic E-state index is 5.84. The third-order valence-corrected chi connectivity index (χ3v) is 4.04. The number of benzene rings is 1. The van der Waals surface area contributed by atoms with E-state index in [2.05, 4.69) is 36.7 Å². The second-order valence-electron chi connectivity index (χ2n) is 6.36. The molecule has 4 nitrogen and oxygen atoms in total. The zero-order chi connectivity index (χ0) is 16.2. The summed E-state index contributed by atoms with van der Waals surface area (Å²) in [7, 11) is 1.70. The highest BCUT2D eigenvalue weighted by Crippen LogP contribution is 2.22. The molecule has 3 rings (SSSR count). The van der Waals surface area contributed by atoms with E-state index in [0.29, 0.717) is 12.5 Å². The number of hydrogen-bond donors (Lipinski definition) is 0. The molecule has 0 bridgehead atoms. The molecule has 0 radical (unpaired) electrons. The molecule has 4 heteroatoms. The minimum absolute atomic E-state index is 0.277. The van der Waals surface area contributed by atoms with Crippen LogP contribution in [0.25, 0.3) is 0 Å². The van der Waals surface area contributed by atoms with Crippen molar-refractivity contribution in [3.63, 3.8) is 0 Å². The Hall–Kier alpha value is -2.23. The molecule has 23 heavy (non-hydrogen) atoms. The highest BCUT2D eigenvalue weighted by molar-refractivity contribution is 5.93. The molecule has 122 valence electrons. The highest BCUT2D eigenvalue weighted by Gasteiger charge is 2.23. The Morgan fingerprint density at radius 1 is 1.26 bits per heavy atom. The summed E-state index contributed by atoms with van der Waals surface area (Å²) < 4.78 is 13.5. The number of nitrogens with zero attached hydrogens (tertiary/aromatic N) is 2. The van der Waals surface area contributed by atoms with Gasteiger partial charge in [-0.15, -0.1) is 0 Å². The van der Waals surface area contributed by atoms with Gasteiger partial charge in [-0.25, -0.2) is 4.99 Å². The third kappa shape index (κ3) is 3.58. The number of aromatic nitrogens is 1. The quantitative estimate of drug-likeness (QED) is 0.814. The first-order valence-corrected chi connectivity index (χ1v) is 8.15. The van der Waals surface area contributed by atoms with E-state index in [1.807, 2.05) is 24.3 Å². The lowest BCUT2D eigenvalue weighted by atomic mass is 10.1. The molecule has 1 aliphatic rings. The summed E-state index contributed by atoms with van der Waals surface area (Å²) in [5, 5.41) is 0. The van der Waals surface area contributed by atoms with E-state index in [4.69, 9.17) is 14.5 Å². The van der Waals surface area contributed by atoms with Crippen molar-refractivity contribution in [1.82, 2.24) is 4.57 Å². The zero-order valence-corrected chi connectivity index (χ0v) is 14.0. The Balaban J connectivity index is 1.80. The van der Waals surface area contributed by atoms with Crippen molar-refractivity contribution in [2.75, 3.05) is 13.7 Å². The SMILES string of the molecule is COc1ccccc1Cn1cccc1C1=N[C@@H](CC(C)C)CO1. The van der Waals surface area contributed by atoms with Crippen LogP contribution in [0.5, 0.6) is 5.75 Å². The second-order valence-corrected chi connectivity index (χ2v) is 6.36. The van der Waals surface area contributed by atoms with E-state index in [-0.39, 0.29) is 6.04 Å². The van der Waals surface area contributed by atoms with Gasteiger partial charge in [0.1, 0.15) is 18.1 Å². The highest BCUT2D eigenvalue weighted by atomic mass is 16.5. The largest absolute Gasteiger partial charge is 0.496 e. The van der Waals surface area contributed by atoms with Gasteiger partial charge in [-0.1, -0.05) is 32.0 Å². The molecule has 0 unspecified atom stereocenters. The van der Waals surface area contributed by atoms with E-state index < -0.39 is 0 Å². The van der Waals surface area contributed by atoms with Crippen LogP contribution in [0.1, 0.15) is 31.5 Å². The number of para-hydroxylation sites is 1. The van der Waals surface area contributed by atoms with E-state index in [1.54, 1.807) is 7.11 Å². The number of aliphatic imine (C=N–C) groups is 1. The Morgan fingerprint density at radius 2 is 2.09 bits per heavy atom. The van der Waals surface area contributed by atoms with Crippen molar-refractivity contribution in [1.29, 1.82) is 0 Å². The van der Waals surface area contributed by atoms with Gasteiger partial charge in [0.25, 0.3) is 0 Å². The van der Waals surface area contributed by atoms with E-state index in [9.17, 15) is 0 Å². The Bertz CT molecular complexity index is 688. The van der Waals surface area contributed by atoms with Crippen molar-refractivity contribution in [3.05, 3.63) is 53.9 Å². The molecular weight excluding hydrogens is 288 g/mol. The van der Waals surface area contributed by atoms with Crippen LogP contribution >= 0.6 is 0 Å². The van der Waals surface area contributed by atoms with Crippen molar-refractivity contribution >= 4 is 5.90 Å². The molecule has 0 saturated heterocycles. The van der Waals surface area contributed by atoms with E-state index >= 15 is 0 Å². The lowest BCUT2D eigenvalue weighted by Crippen LogP contribution is -2.11. The van der Waals surface area contributed by atoms with Gasteiger partial charge in [0, 0.05) is 11.8 Å². The fraction of sp³-hybridized carbons (Fsp3) is 0.421. The molecule has 1 aromatic carbocycles. The average Bonchev–Trinajstić information content (AvgIpc) is 3.16. The lowest BCUT2D eigenvalue weighted by Gasteiger charge is -2.12. The van der Waals surface area contributed by atoms with E-state index in [0.717, 1.165) is 35.9 Å². The maximum Gasteiger partial charge on any atom is 0.233 e. The van der Waals surface area contributed by atoms with Gasteiger partial charge in [0.15, 0.2) is 0 Å². The van der Waals surface area contributed by atoms with Crippen molar-refractivity contribution in [3.8, 4) is 5.75 Å². The topological polar surface area (TPSA) is 35.8 Å². The van der Waals surface area contributed by atoms with Crippen LogP contribution in [-0.2, 0) is 11.3 Å². The van der Waals surface area contributed by atoms with Gasteiger partial charge in [-0.2, -0.15) is 0 Å². The molecule has 0 spiro atoms. The molecule has 1 atom stereocenters. The predicted molar refractivity (Wildman–Crippen MR) is 92.3 cm³/mol. The summed E-state index contributed by atoms with van der Waals surface area (Å²) in [5.74, 6) is 2.29. The molecule has 0 amide bonds. The molecule has 0 fully saturated rings. The molecular formula is C19H24N2O2. The molecule has 0 saturated carbocycles. The number of hydrogen-bond acceptors (Lipinski definition) is 3. The molecule has 0 N–H and O–H groups in total. The van der Waals surface area contributed by atoms with Crippen LogP contribution in [0, 0.1) is 5.92 Å². The first-order valence-electron chi connectivity index (χ1n) is 8.15. The van der Waals surface area contributed by atoms with Crippen LogP contribution in [0.15, 0.2) is 47.6 Å². The summed E-state index contributed by atoms with van der Waals surface area (Å²) in [5.41, 5.74) is 2.17. The van der Waals surface area contributed by atoms with Crippen molar-refractivity contribution in [2.45, 2.75) is 32.9 Å². The van der Waals surface area contributed by atoms with Gasteiger partial charge in [0.05, 0.1) is 19.7 Å². The summed E-state index contributed by atoms with van der Waals surface area (Å²) in [6.45, 7) is 5.87. The number of methoxy groups -OCH3 is 1. The third-order valence-electron chi connectivity index (χ3n) is 4.04. The van der Waals surface area contributed by atoms with Crippen molar-refractivity contribution in [2.24, 2.45) is 10.9 Å². The maximum absolute atomic E-state index is 5.84. The first-order chi connectivity index (χ1) is 11.2. The molecule has 2 heterocycles. The van der Waals surface area contributed by atoms with Gasteiger partial charge < -0.3 is 14.0 Å². The molecule has 1 aliphatic heterocycles. The predicted octanol–water partition coefficient (Wildman–Crippen LogP) is 3.74. The monoisotopic (exact) mass is 312 g/mol. The molecule has 0 aliphatic carbocycles. The van der Waals surface area contributed by atoms with Gasteiger partial charge in [-0.3, -0.25) is 0 Å². The van der Waals surface area contributed by atoms with Gasteiger partial charge >= 0.3 is 0 Å². The normalized spacial score (nSPS) is 17.2. The van der Waals surface area contributed by atoms with Gasteiger partial charge in [0.2, 0.25) is 5.90 Å². The molecule has 1 aromatic heterocycles. The van der Waals surface area contributed by atoms with Gasteiger partial charge in [-0.05, 0) is 30.5 Å². The minimum atomic E-state index is 0.277. The smallest absolute Gasteiger partial charge is 0.233 e. The Morgan fingerprint density at radius 3 is 2.87 bits per heavy atom. The van der Waals surface area contributed by atoms with Crippen LogP contribution < -0.4 is 4.74 Å². The fourth-order valence-electron chi connectivity index (χ4n) is 2.98. The summed E-state index contributed by atoms with van der Waals surface area (Å²) >= 11 is 0. The van der Waals surface area contributed by atoms with Crippen LogP contribution in [0.3, 0.4) is 0 Å². The van der Waals surface area contributed by atoms with Crippen molar-refractivity contribution < 1.29 is 9.47 Å². The summed E-state index contributed by atoms with van der Waals surface area (Å²) in [6.07, 6.45) is 3.13. The summed E-state index contributed by atoms with van der Waals surface area (Å²) in [6, 6.07) is 12.5. The lowest BCUT2D eigenvalue weighted by molar-refractivity contribution is 0.300. The first kappa shape index (κ1) is 15.7. The number of rotatable bonds is 6. The Labute approximate surface area is 137 Å². The standard InChI is InChI=1S/C19H24N2O2/c1-14(2)11-16-13-23-19(20-16)17-8-6-10-21(17)12-15-7-4-5-9-18(15)22-3/h4-10,14,16H,11-13H2,1-3H3/t16-/m0/s1. The van der Waals surface area contributed by atoms with E-state index in [1.165, 1.54) is 0 Å². The average molecular weight is 312 g/mol. The fourth-order valence-corrected chi connectivity index (χ4v) is 2.98. The molecule has 2 aromatic rings. The van der Waals surface area contributed by atoms with Crippen LogP contribution in [0.2, 0.25) is 0 Å². The number of ether oxygens (including phenoxy) is 2. The van der Waals surface area contributed by atoms with Crippen LogP contribution in [0.4, 0.5) is 0 Å². The zero-order valence-electron chi connectivity index (χ0n) is 14.0. The minimum Gasteiger partial charge on any atom is -0.496 e. The summed E-state index contributed by atoms with van der Waals surface area (Å²) in [4.78, 5) is 4.76. The second kappa shape index (κ2) is 6.90.